The summed E-state index contributed by atoms with van der Waals surface area (Å²) >= 11 is 0. The number of carbonyl (C=O) groups is 1. The topological polar surface area (TPSA) is 63.3 Å². The second-order valence-corrected chi connectivity index (χ2v) is 4.15. The van der Waals surface area contributed by atoms with Crippen molar-refractivity contribution in [3.63, 3.8) is 0 Å². The second-order valence-electron chi connectivity index (χ2n) is 4.15. The van der Waals surface area contributed by atoms with Crippen LogP contribution in [0, 0.1) is 5.92 Å². The molecule has 1 atom stereocenters. The molecule has 0 aliphatic carbocycles. The Morgan fingerprint density at radius 2 is 1.88 bits per heavy atom. The summed E-state index contributed by atoms with van der Waals surface area (Å²) in [6, 6.07) is 8.12. The van der Waals surface area contributed by atoms with Gasteiger partial charge in [0.25, 0.3) is 0 Å². The minimum absolute atomic E-state index is 0.324. The lowest BCUT2D eigenvalue weighted by molar-refractivity contribution is -0.141. The molecule has 1 aromatic carbocycles. The van der Waals surface area contributed by atoms with Crippen LogP contribution >= 0.6 is 0 Å². The van der Waals surface area contributed by atoms with E-state index >= 15 is 0 Å². The fourth-order valence-electron chi connectivity index (χ4n) is 1.59. The highest BCUT2D eigenvalue weighted by Crippen LogP contribution is 2.11. The number of rotatable bonds is 6. The van der Waals surface area contributed by atoms with Crippen LogP contribution in [0.25, 0.3) is 0 Å². The third-order valence-corrected chi connectivity index (χ3v) is 2.66. The van der Waals surface area contributed by atoms with Crippen molar-refractivity contribution in [1.82, 2.24) is 0 Å². The van der Waals surface area contributed by atoms with Crippen LogP contribution < -0.4 is 5.73 Å². The van der Waals surface area contributed by atoms with E-state index in [0.717, 1.165) is 18.4 Å². The van der Waals surface area contributed by atoms with Crippen LogP contribution in [-0.4, -0.2) is 17.6 Å². The number of carboxylic acids is 1. The number of hydrogen-bond donors (Lipinski definition) is 2. The number of carboxylic acid groups (broad SMARTS) is 1. The lowest BCUT2D eigenvalue weighted by Gasteiger charge is -2.07. The average molecular weight is 221 g/mol. The van der Waals surface area contributed by atoms with Gasteiger partial charge in [-0.2, -0.15) is 0 Å². The number of aryl methyl sites for hydroxylation is 1. The van der Waals surface area contributed by atoms with E-state index in [2.05, 4.69) is 12.1 Å². The van der Waals surface area contributed by atoms with E-state index in [4.69, 9.17) is 10.8 Å². The molecule has 88 valence electrons. The smallest absolute Gasteiger partial charge is 0.306 e. The molecule has 0 unspecified atom stereocenters. The first-order valence-electron chi connectivity index (χ1n) is 5.64. The van der Waals surface area contributed by atoms with Gasteiger partial charge < -0.3 is 10.8 Å². The Labute approximate surface area is 96.3 Å². The normalized spacial score (nSPS) is 12.4. The van der Waals surface area contributed by atoms with Gasteiger partial charge in [0.2, 0.25) is 0 Å². The Morgan fingerprint density at radius 3 is 2.38 bits per heavy atom. The van der Waals surface area contributed by atoms with E-state index in [1.54, 1.807) is 6.92 Å². The van der Waals surface area contributed by atoms with Crippen LogP contribution in [0.2, 0.25) is 0 Å². The molecule has 0 aliphatic rings. The van der Waals surface area contributed by atoms with Gasteiger partial charge in [0.1, 0.15) is 0 Å². The summed E-state index contributed by atoms with van der Waals surface area (Å²) in [5.41, 5.74) is 7.78. The number of aliphatic carboxylic acids is 1. The molecule has 1 aromatic rings. The van der Waals surface area contributed by atoms with E-state index in [1.165, 1.54) is 5.56 Å². The Kier molecular flexibility index (Phi) is 4.99. The molecule has 1 rings (SSSR count). The highest BCUT2D eigenvalue weighted by atomic mass is 16.4. The summed E-state index contributed by atoms with van der Waals surface area (Å²) in [6.07, 6.45) is 2.57. The first-order valence-corrected chi connectivity index (χ1v) is 5.64. The molecule has 0 saturated carbocycles. The predicted octanol–water partition coefficient (Wildman–Crippen LogP) is 1.84. The van der Waals surface area contributed by atoms with Gasteiger partial charge in [-0.1, -0.05) is 31.2 Å². The van der Waals surface area contributed by atoms with Crippen LogP contribution in [0.4, 0.5) is 0 Å². The second kappa shape index (κ2) is 6.28. The maximum Gasteiger partial charge on any atom is 0.306 e. The van der Waals surface area contributed by atoms with Gasteiger partial charge in [0.05, 0.1) is 5.92 Å². The van der Waals surface area contributed by atoms with Gasteiger partial charge in [-0.05, 0) is 36.9 Å². The van der Waals surface area contributed by atoms with Crippen molar-refractivity contribution in [3.8, 4) is 0 Å². The van der Waals surface area contributed by atoms with E-state index < -0.39 is 5.97 Å². The maximum absolute atomic E-state index is 10.7. The molecular weight excluding hydrogens is 202 g/mol. The monoisotopic (exact) mass is 221 g/mol. The molecule has 0 spiro atoms. The molecule has 3 N–H and O–H groups in total. The number of hydrogen-bond acceptors (Lipinski definition) is 2. The zero-order chi connectivity index (χ0) is 12.0. The third kappa shape index (κ3) is 4.03. The molecule has 16 heavy (non-hydrogen) atoms. The van der Waals surface area contributed by atoms with Crippen LogP contribution in [0.5, 0.6) is 0 Å². The average Bonchev–Trinajstić information content (AvgIpc) is 2.28. The molecule has 0 amide bonds. The predicted molar refractivity (Wildman–Crippen MR) is 64.3 cm³/mol. The molecule has 3 heteroatoms. The molecule has 0 radical (unpaired) electrons. The van der Waals surface area contributed by atoms with Crippen molar-refractivity contribution >= 4 is 5.97 Å². The molecule has 0 aliphatic heterocycles. The molecule has 3 nitrogen and oxygen atoms in total. The molecule has 0 heterocycles. The van der Waals surface area contributed by atoms with Gasteiger partial charge >= 0.3 is 5.97 Å². The van der Waals surface area contributed by atoms with Crippen molar-refractivity contribution in [2.45, 2.75) is 26.2 Å². The largest absolute Gasteiger partial charge is 0.481 e. The zero-order valence-electron chi connectivity index (χ0n) is 9.65. The summed E-state index contributed by atoms with van der Waals surface area (Å²) in [6.45, 7) is 2.43. The molecular formula is C13H19NO2. The van der Waals surface area contributed by atoms with Gasteiger partial charge in [-0.25, -0.2) is 0 Å². The van der Waals surface area contributed by atoms with E-state index in [0.29, 0.717) is 13.0 Å². The summed E-state index contributed by atoms with van der Waals surface area (Å²) in [5.74, 6) is -1.07. The summed E-state index contributed by atoms with van der Waals surface area (Å²) in [4.78, 5) is 10.7. The Balaban J connectivity index is 2.54. The maximum atomic E-state index is 10.7. The van der Waals surface area contributed by atoms with Gasteiger partial charge in [0, 0.05) is 0 Å². The Bertz CT molecular complexity index is 332. The number of benzene rings is 1. The summed E-state index contributed by atoms with van der Waals surface area (Å²) in [7, 11) is 0. The van der Waals surface area contributed by atoms with Crippen molar-refractivity contribution in [2.24, 2.45) is 11.7 Å². The summed E-state index contributed by atoms with van der Waals surface area (Å²) in [5, 5.41) is 8.80. The SMILES string of the molecule is C[C@@H](Cc1ccc(CCCN)cc1)C(=O)O. The van der Waals surface area contributed by atoms with Crippen molar-refractivity contribution in [3.05, 3.63) is 35.4 Å². The van der Waals surface area contributed by atoms with Gasteiger partial charge in [-0.15, -0.1) is 0 Å². The first-order chi connectivity index (χ1) is 7.63. The highest BCUT2D eigenvalue weighted by molar-refractivity contribution is 5.69. The lowest BCUT2D eigenvalue weighted by Crippen LogP contribution is -2.12. The van der Waals surface area contributed by atoms with Crippen molar-refractivity contribution < 1.29 is 9.90 Å². The molecule has 0 aromatic heterocycles. The van der Waals surface area contributed by atoms with Gasteiger partial charge in [-0.3, -0.25) is 4.79 Å². The van der Waals surface area contributed by atoms with Gasteiger partial charge in [0.15, 0.2) is 0 Å². The fraction of sp³-hybridized carbons (Fsp3) is 0.462. The first kappa shape index (κ1) is 12.7. The van der Waals surface area contributed by atoms with Crippen LogP contribution in [0.3, 0.4) is 0 Å². The van der Waals surface area contributed by atoms with Crippen LogP contribution in [-0.2, 0) is 17.6 Å². The van der Waals surface area contributed by atoms with E-state index in [9.17, 15) is 4.79 Å². The third-order valence-electron chi connectivity index (χ3n) is 2.66. The van der Waals surface area contributed by atoms with Crippen molar-refractivity contribution in [2.75, 3.05) is 6.54 Å². The fourth-order valence-corrected chi connectivity index (χ4v) is 1.59. The highest BCUT2D eigenvalue weighted by Gasteiger charge is 2.11. The Morgan fingerprint density at radius 1 is 1.31 bits per heavy atom. The minimum Gasteiger partial charge on any atom is -0.481 e. The van der Waals surface area contributed by atoms with E-state index in [1.807, 2.05) is 12.1 Å². The summed E-state index contributed by atoms with van der Waals surface area (Å²) < 4.78 is 0. The van der Waals surface area contributed by atoms with E-state index in [-0.39, 0.29) is 5.92 Å². The standard InChI is InChI=1S/C13H19NO2/c1-10(13(15)16)9-12-6-4-11(5-7-12)3-2-8-14/h4-7,10H,2-3,8-9,14H2,1H3,(H,15,16)/t10-/m0/s1. The van der Waals surface area contributed by atoms with Crippen LogP contribution in [0.15, 0.2) is 24.3 Å². The zero-order valence-corrected chi connectivity index (χ0v) is 9.65. The van der Waals surface area contributed by atoms with Crippen LogP contribution in [0.1, 0.15) is 24.5 Å². The lowest BCUT2D eigenvalue weighted by atomic mass is 9.99. The Hall–Kier alpha value is -1.35. The number of nitrogens with two attached hydrogens (primary N) is 1. The molecule has 0 bridgehead atoms. The quantitative estimate of drug-likeness (QED) is 0.770. The van der Waals surface area contributed by atoms with Crippen molar-refractivity contribution in [1.29, 1.82) is 0 Å². The minimum atomic E-state index is -0.743. The molecule has 0 fully saturated rings. The molecule has 0 saturated heterocycles.